The van der Waals surface area contributed by atoms with Crippen LogP contribution in [0.5, 0.6) is 0 Å². The maximum Gasteiger partial charge on any atom is 0.243 e. The summed E-state index contributed by atoms with van der Waals surface area (Å²) in [5.41, 5.74) is 1.07. The van der Waals surface area contributed by atoms with Crippen LogP contribution in [-0.2, 0) is 10.0 Å². The van der Waals surface area contributed by atoms with Gasteiger partial charge in [-0.1, -0.05) is 70.1 Å². The van der Waals surface area contributed by atoms with E-state index in [4.69, 9.17) is 11.6 Å². The molecule has 0 amide bonds. The minimum Gasteiger partial charge on any atom is -0.207 e. The number of hydrogen-bond acceptors (Lipinski definition) is 2. The second-order valence-corrected chi connectivity index (χ2v) is 10.0. The van der Waals surface area contributed by atoms with Gasteiger partial charge in [0.05, 0.1) is 4.90 Å². The first-order valence-electron chi connectivity index (χ1n) is 10.1. The number of alkyl halides is 1. The fraction of sp³-hybridized carbons (Fsp3) is 0.714. The van der Waals surface area contributed by atoms with Crippen molar-refractivity contribution in [1.82, 2.24) is 4.31 Å². The smallest absolute Gasteiger partial charge is 0.207 e. The SMILES string of the molecule is CCCCCCC[C@H]1[C@H](CC)[C@H](Cl)CCN1S(=O)(=O)c1ccc(C)cc1. The Bertz CT molecular complexity index is 644. The van der Waals surface area contributed by atoms with Crippen molar-refractivity contribution < 1.29 is 8.42 Å². The Morgan fingerprint density at radius 3 is 2.35 bits per heavy atom. The molecule has 3 atom stereocenters. The predicted molar refractivity (Wildman–Crippen MR) is 110 cm³/mol. The van der Waals surface area contributed by atoms with Gasteiger partial charge in [0, 0.05) is 18.0 Å². The molecule has 3 nitrogen and oxygen atoms in total. The molecule has 0 saturated carbocycles. The Labute approximate surface area is 165 Å². The summed E-state index contributed by atoms with van der Waals surface area (Å²) in [7, 11) is -3.47. The molecule has 0 aliphatic carbocycles. The number of aryl methyl sites for hydroxylation is 1. The van der Waals surface area contributed by atoms with Gasteiger partial charge in [0.15, 0.2) is 0 Å². The van der Waals surface area contributed by atoms with Gasteiger partial charge >= 0.3 is 0 Å². The molecule has 1 aliphatic rings. The van der Waals surface area contributed by atoms with E-state index in [2.05, 4.69) is 13.8 Å². The molecular formula is C21H34ClNO2S. The van der Waals surface area contributed by atoms with E-state index in [1.54, 1.807) is 16.4 Å². The van der Waals surface area contributed by atoms with E-state index in [9.17, 15) is 8.42 Å². The van der Waals surface area contributed by atoms with E-state index in [1.807, 2.05) is 19.1 Å². The molecule has 0 aromatic heterocycles. The van der Waals surface area contributed by atoms with Crippen LogP contribution in [0.4, 0.5) is 0 Å². The highest BCUT2D eigenvalue weighted by Crippen LogP contribution is 2.36. The lowest BCUT2D eigenvalue weighted by atomic mass is 9.85. The summed E-state index contributed by atoms with van der Waals surface area (Å²) in [6, 6.07) is 7.23. The topological polar surface area (TPSA) is 37.4 Å². The molecule has 26 heavy (non-hydrogen) atoms. The standard InChI is InChI=1S/C21H34ClNO2S/c1-4-6-7-8-9-10-21-19(5-2)20(22)15-16-23(21)26(24,25)18-13-11-17(3)12-14-18/h11-14,19-21H,4-10,15-16H2,1-3H3/t19-,20-,21+/m1/s1. The van der Waals surface area contributed by atoms with E-state index >= 15 is 0 Å². The number of rotatable bonds is 9. The van der Waals surface area contributed by atoms with Crippen molar-refractivity contribution in [2.24, 2.45) is 5.92 Å². The third-order valence-corrected chi connectivity index (χ3v) is 8.14. The van der Waals surface area contributed by atoms with Crippen molar-refractivity contribution in [1.29, 1.82) is 0 Å². The third-order valence-electron chi connectivity index (χ3n) is 5.66. The van der Waals surface area contributed by atoms with Gasteiger partial charge in [-0.3, -0.25) is 0 Å². The van der Waals surface area contributed by atoms with E-state index in [-0.39, 0.29) is 17.3 Å². The van der Waals surface area contributed by atoms with Crippen LogP contribution >= 0.6 is 11.6 Å². The van der Waals surface area contributed by atoms with Gasteiger partial charge < -0.3 is 0 Å². The fourth-order valence-corrected chi connectivity index (χ4v) is 6.23. The summed E-state index contributed by atoms with van der Waals surface area (Å²) in [6.07, 6.45) is 8.53. The summed E-state index contributed by atoms with van der Waals surface area (Å²) < 4.78 is 28.3. The highest BCUT2D eigenvalue weighted by atomic mass is 35.5. The summed E-state index contributed by atoms with van der Waals surface area (Å²) >= 11 is 6.60. The van der Waals surface area contributed by atoms with Crippen LogP contribution in [0.25, 0.3) is 0 Å². The number of nitrogens with zero attached hydrogens (tertiary/aromatic N) is 1. The molecule has 1 saturated heterocycles. The molecule has 0 bridgehead atoms. The lowest BCUT2D eigenvalue weighted by Crippen LogP contribution is -2.52. The minimum atomic E-state index is -3.47. The summed E-state index contributed by atoms with van der Waals surface area (Å²) in [6.45, 7) is 6.84. The van der Waals surface area contributed by atoms with E-state index in [1.165, 1.54) is 25.7 Å². The maximum absolute atomic E-state index is 13.3. The van der Waals surface area contributed by atoms with Gasteiger partial charge in [0.25, 0.3) is 0 Å². The first-order chi connectivity index (χ1) is 12.4. The summed E-state index contributed by atoms with van der Waals surface area (Å²) in [5, 5.41) is 0.0742. The van der Waals surface area contributed by atoms with Crippen LogP contribution in [0.15, 0.2) is 29.2 Å². The Kier molecular flexibility index (Phi) is 8.43. The van der Waals surface area contributed by atoms with Crippen molar-refractivity contribution in [3.8, 4) is 0 Å². The predicted octanol–water partition coefficient (Wildman–Crippen LogP) is 5.75. The van der Waals surface area contributed by atoms with Crippen molar-refractivity contribution in [3.63, 3.8) is 0 Å². The molecule has 2 rings (SSSR count). The highest BCUT2D eigenvalue weighted by molar-refractivity contribution is 7.89. The maximum atomic E-state index is 13.3. The Morgan fingerprint density at radius 2 is 1.73 bits per heavy atom. The first-order valence-corrected chi connectivity index (χ1v) is 12.0. The zero-order valence-electron chi connectivity index (χ0n) is 16.5. The number of unbranched alkanes of at least 4 members (excludes halogenated alkanes) is 4. The number of piperidine rings is 1. The highest BCUT2D eigenvalue weighted by Gasteiger charge is 2.41. The fourth-order valence-electron chi connectivity index (χ4n) is 4.07. The molecule has 5 heteroatoms. The average Bonchev–Trinajstić information content (AvgIpc) is 2.62. The molecule has 1 heterocycles. The zero-order valence-corrected chi connectivity index (χ0v) is 18.0. The first kappa shape index (κ1) is 21.7. The largest absolute Gasteiger partial charge is 0.243 e. The third kappa shape index (κ3) is 5.24. The number of halogens is 1. The molecule has 0 spiro atoms. The van der Waals surface area contributed by atoms with Gasteiger partial charge in [-0.05, 0) is 37.8 Å². The van der Waals surface area contributed by atoms with E-state index in [0.29, 0.717) is 11.4 Å². The second kappa shape index (κ2) is 10.1. The van der Waals surface area contributed by atoms with Gasteiger partial charge in [0.1, 0.15) is 0 Å². The molecule has 148 valence electrons. The quantitative estimate of drug-likeness (QED) is 0.391. The molecule has 0 unspecified atom stereocenters. The number of benzene rings is 1. The molecule has 1 aromatic carbocycles. The van der Waals surface area contributed by atoms with Gasteiger partial charge in [-0.2, -0.15) is 4.31 Å². The molecule has 1 aromatic rings. The second-order valence-electron chi connectivity index (χ2n) is 7.58. The van der Waals surface area contributed by atoms with Crippen molar-refractivity contribution in [2.75, 3.05) is 6.54 Å². The van der Waals surface area contributed by atoms with Crippen molar-refractivity contribution >= 4 is 21.6 Å². The van der Waals surface area contributed by atoms with Gasteiger partial charge in [0.2, 0.25) is 10.0 Å². The zero-order chi connectivity index (χ0) is 19.2. The molecular weight excluding hydrogens is 366 g/mol. The Balaban J connectivity index is 2.20. The monoisotopic (exact) mass is 399 g/mol. The van der Waals surface area contributed by atoms with Crippen LogP contribution in [0.1, 0.15) is 70.8 Å². The molecule has 1 aliphatic heterocycles. The van der Waals surface area contributed by atoms with Gasteiger partial charge in [-0.25, -0.2) is 8.42 Å². The molecule has 0 N–H and O–H groups in total. The van der Waals surface area contributed by atoms with E-state index in [0.717, 1.165) is 31.2 Å². The van der Waals surface area contributed by atoms with Crippen LogP contribution in [0.3, 0.4) is 0 Å². The molecule has 0 radical (unpaired) electrons. The van der Waals surface area contributed by atoms with Crippen LogP contribution in [-0.4, -0.2) is 30.7 Å². The Hall–Kier alpha value is -0.580. The van der Waals surface area contributed by atoms with Crippen LogP contribution < -0.4 is 0 Å². The average molecular weight is 400 g/mol. The minimum absolute atomic E-state index is 0.0178. The summed E-state index contributed by atoms with van der Waals surface area (Å²) in [4.78, 5) is 0.405. The Morgan fingerprint density at radius 1 is 1.08 bits per heavy atom. The summed E-state index contributed by atoms with van der Waals surface area (Å²) in [5.74, 6) is 0.233. The van der Waals surface area contributed by atoms with Crippen LogP contribution in [0.2, 0.25) is 0 Å². The van der Waals surface area contributed by atoms with Crippen molar-refractivity contribution in [2.45, 2.75) is 88.5 Å². The lowest BCUT2D eigenvalue weighted by molar-refractivity contribution is 0.162. The molecule has 1 fully saturated rings. The van der Waals surface area contributed by atoms with Crippen molar-refractivity contribution in [3.05, 3.63) is 29.8 Å². The lowest BCUT2D eigenvalue weighted by Gasteiger charge is -2.42. The normalized spacial score (nSPS) is 24.7. The van der Waals surface area contributed by atoms with Gasteiger partial charge in [-0.15, -0.1) is 11.6 Å². The van der Waals surface area contributed by atoms with E-state index < -0.39 is 10.0 Å². The number of hydrogen-bond donors (Lipinski definition) is 0. The van der Waals surface area contributed by atoms with Crippen LogP contribution in [0, 0.1) is 12.8 Å². The number of sulfonamides is 1.